The Bertz CT molecular complexity index is 649. The van der Waals surface area contributed by atoms with Gasteiger partial charge in [0.2, 0.25) is 0 Å². The molecule has 0 fully saturated rings. The number of ketones is 1. The van der Waals surface area contributed by atoms with E-state index in [1.807, 2.05) is 18.2 Å². The summed E-state index contributed by atoms with van der Waals surface area (Å²) in [5.74, 6) is 0.405. The molecule has 22 heavy (non-hydrogen) atoms. The molecule has 0 heterocycles. The molecule has 116 valence electrons. The molecule has 0 radical (unpaired) electrons. The zero-order valence-corrected chi connectivity index (χ0v) is 13.9. The van der Waals surface area contributed by atoms with E-state index in [0.717, 1.165) is 24.0 Å². The summed E-state index contributed by atoms with van der Waals surface area (Å²) in [6.45, 7) is 10.2. The van der Waals surface area contributed by atoms with Gasteiger partial charge in [0.15, 0.2) is 5.78 Å². The van der Waals surface area contributed by atoms with Gasteiger partial charge in [-0.3, -0.25) is 4.79 Å². The van der Waals surface area contributed by atoms with Crippen molar-refractivity contribution in [3.63, 3.8) is 0 Å². The van der Waals surface area contributed by atoms with Crippen LogP contribution in [0.25, 0.3) is 0 Å². The van der Waals surface area contributed by atoms with E-state index >= 15 is 0 Å². The summed E-state index contributed by atoms with van der Waals surface area (Å²) >= 11 is 0. The molecule has 0 saturated heterocycles. The summed E-state index contributed by atoms with van der Waals surface area (Å²) < 4.78 is 0. The van der Waals surface area contributed by atoms with Crippen LogP contribution in [0.1, 0.15) is 43.1 Å². The maximum absolute atomic E-state index is 11.5. The highest BCUT2D eigenvalue weighted by Gasteiger charge is 2.23. The van der Waals surface area contributed by atoms with E-state index in [0.29, 0.717) is 5.92 Å². The van der Waals surface area contributed by atoms with Crippen molar-refractivity contribution in [2.75, 3.05) is 0 Å². The second kappa shape index (κ2) is 6.89. The van der Waals surface area contributed by atoms with Crippen molar-refractivity contribution in [2.45, 2.75) is 39.7 Å². The third-order valence-electron chi connectivity index (χ3n) is 4.30. The van der Waals surface area contributed by atoms with Crippen LogP contribution in [0.3, 0.4) is 0 Å². The van der Waals surface area contributed by atoms with E-state index in [2.05, 4.69) is 44.4 Å². The van der Waals surface area contributed by atoms with Gasteiger partial charge in [0, 0.05) is 17.1 Å². The maximum atomic E-state index is 11.5. The Hall–Kier alpha value is -1.93. The van der Waals surface area contributed by atoms with Crippen molar-refractivity contribution in [3.8, 4) is 0 Å². The van der Waals surface area contributed by atoms with Crippen LogP contribution in [0.4, 0.5) is 0 Å². The van der Waals surface area contributed by atoms with Crippen molar-refractivity contribution in [3.05, 3.63) is 70.8 Å². The highest BCUT2D eigenvalue weighted by atomic mass is 16.1. The van der Waals surface area contributed by atoms with Crippen molar-refractivity contribution in [1.29, 1.82) is 0 Å². The van der Waals surface area contributed by atoms with Gasteiger partial charge in [0.25, 0.3) is 0 Å². The van der Waals surface area contributed by atoms with Crippen molar-refractivity contribution < 1.29 is 10.5 Å². The Kier molecular flexibility index (Phi) is 5.15. The average molecular weight is 296 g/mol. The number of benzene rings is 1. The van der Waals surface area contributed by atoms with Crippen LogP contribution < -0.4 is 5.73 Å². The second-order valence-electron chi connectivity index (χ2n) is 6.19. The lowest BCUT2D eigenvalue weighted by Gasteiger charge is -2.25. The zero-order chi connectivity index (χ0) is 16.3. The van der Waals surface area contributed by atoms with Crippen LogP contribution in [-0.2, 0) is 6.42 Å². The summed E-state index contributed by atoms with van der Waals surface area (Å²) in [6, 6.07) is 8.17. The van der Waals surface area contributed by atoms with E-state index in [1.165, 1.54) is 16.7 Å². The van der Waals surface area contributed by atoms with Gasteiger partial charge >= 0.3 is 0 Å². The van der Waals surface area contributed by atoms with Gasteiger partial charge in [0.1, 0.15) is 6.04 Å². The fraction of sp³-hybridized carbons (Fsp3) is 0.350. The van der Waals surface area contributed by atoms with Gasteiger partial charge in [-0.25, -0.2) is 0 Å². The molecule has 0 spiro atoms. The molecule has 3 N–H and O–H groups in total. The zero-order valence-electron chi connectivity index (χ0n) is 13.9. The molecule has 0 bridgehead atoms. The number of rotatable bonds is 5. The normalized spacial score (nSPS) is 19.5. The van der Waals surface area contributed by atoms with Crippen molar-refractivity contribution in [1.82, 2.24) is 0 Å². The second-order valence-corrected chi connectivity index (χ2v) is 6.19. The Morgan fingerprint density at radius 2 is 2.14 bits per heavy atom. The molecular formula is C20H26NO+. The van der Waals surface area contributed by atoms with Crippen LogP contribution >= 0.6 is 0 Å². The van der Waals surface area contributed by atoms with Crippen LogP contribution in [0.2, 0.25) is 0 Å². The molecule has 2 nitrogen and oxygen atoms in total. The molecule has 0 aromatic heterocycles. The minimum Gasteiger partial charge on any atom is -0.352 e. The smallest absolute Gasteiger partial charge is 0.159 e. The molecule has 2 rings (SSSR count). The molecule has 1 aliphatic rings. The average Bonchev–Trinajstić information content (AvgIpc) is 2.49. The van der Waals surface area contributed by atoms with Crippen molar-refractivity contribution in [2.24, 2.45) is 5.92 Å². The number of hydrogen-bond acceptors (Lipinski definition) is 1. The number of hydrogen-bond donors (Lipinski definition) is 1. The molecule has 1 aromatic rings. The van der Waals surface area contributed by atoms with Gasteiger partial charge < -0.3 is 5.73 Å². The predicted molar refractivity (Wildman–Crippen MR) is 91.6 cm³/mol. The fourth-order valence-corrected chi connectivity index (χ4v) is 2.95. The summed E-state index contributed by atoms with van der Waals surface area (Å²) in [5, 5.41) is 0. The minimum atomic E-state index is 0.112. The lowest BCUT2D eigenvalue weighted by atomic mass is 9.79. The topological polar surface area (TPSA) is 44.7 Å². The quantitative estimate of drug-likeness (QED) is 0.830. The van der Waals surface area contributed by atoms with Crippen LogP contribution in [-0.4, -0.2) is 11.8 Å². The number of carbonyl (C=O) groups is 1. The fourth-order valence-electron chi connectivity index (χ4n) is 2.95. The Labute approximate surface area is 133 Å². The molecule has 0 aliphatic heterocycles. The Balaban J connectivity index is 2.27. The summed E-state index contributed by atoms with van der Waals surface area (Å²) in [6.07, 6.45) is 6.46. The SMILES string of the molecule is C=C1C(C(C)[NH3+])=CC(CC)=CC1Cc1cccc(C(C)=O)c1. The first-order valence-electron chi connectivity index (χ1n) is 7.96. The monoisotopic (exact) mass is 296 g/mol. The van der Waals surface area contributed by atoms with Gasteiger partial charge in [-0.1, -0.05) is 43.4 Å². The van der Waals surface area contributed by atoms with Gasteiger partial charge in [0.05, 0.1) is 0 Å². The van der Waals surface area contributed by atoms with E-state index in [-0.39, 0.29) is 11.8 Å². The van der Waals surface area contributed by atoms with E-state index in [4.69, 9.17) is 0 Å². The summed E-state index contributed by atoms with van der Waals surface area (Å²) in [5.41, 5.74) is 9.89. The third-order valence-corrected chi connectivity index (χ3v) is 4.30. The largest absolute Gasteiger partial charge is 0.352 e. The first kappa shape index (κ1) is 16.4. The van der Waals surface area contributed by atoms with E-state index < -0.39 is 0 Å². The lowest BCUT2D eigenvalue weighted by molar-refractivity contribution is -0.400. The third kappa shape index (κ3) is 3.63. The molecule has 0 amide bonds. The maximum Gasteiger partial charge on any atom is 0.159 e. The molecule has 0 saturated carbocycles. The first-order valence-corrected chi connectivity index (χ1v) is 7.96. The predicted octanol–water partition coefficient (Wildman–Crippen LogP) is 3.51. The Morgan fingerprint density at radius 3 is 2.73 bits per heavy atom. The molecular weight excluding hydrogens is 270 g/mol. The molecule has 2 heteroatoms. The molecule has 1 aliphatic carbocycles. The van der Waals surface area contributed by atoms with Crippen LogP contribution in [0.15, 0.2) is 59.7 Å². The highest BCUT2D eigenvalue weighted by molar-refractivity contribution is 5.94. The summed E-state index contributed by atoms with van der Waals surface area (Å²) in [7, 11) is 0. The van der Waals surface area contributed by atoms with E-state index in [9.17, 15) is 4.79 Å². The van der Waals surface area contributed by atoms with Gasteiger partial charge in [-0.05, 0) is 50.0 Å². The van der Waals surface area contributed by atoms with Gasteiger partial charge in [-0.15, -0.1) is 0 Å². The number of allylic oxidation sites excluding steroid dienone is 3. The van der Waals surface area contributed by atoms with Crippen LogP contribution in [0.5, 0.6) is 0 Å². The molecule has 2 unspecified atom stereocenters. The summed E-state index contributed by atoms with van der Waals surface area (Å²) in [4.78, 5) is 11.5. The highest BCUT2D eigenvalue weighted by Crippen LogP contribution is 2.32. The standard InChI is InChI=1S/C20H25NO/c1-5-16-9-19(13(2)20(12-16)14(3)21)11-17-7-6-8-18(10-17)15(4)22/h6-10,12,14,19H,2,5,11,21H2,1,3-4H3/p+1. The molecule has 1 aromatic carbocycles. The molecule has 2 atom stereocenters. The van der Waals surface area contributed by atoms with E-state index in [1.54, 1.807) is 6.92 Å². The number of carbonyl (C=O) groups excluding carboxylic acids is 1. The Morgan fingerprint density at radius 1 is 1.41 bits per heavy atom. The minimum absolute atomic E-state index is 0.112. The number of quaternary nitrogens is 1. The lowest BCUT2D eigenvalue weighted by Crippen LogP contribution is -2.60. The van der Waals surface area contributed by atoms with Crippen molar-refractivity contribution >= 4 is 5.78 Å². The van der Waals surface area contributed by atoms with Crippen LogP contribution in [0, 0.1) is 5.92 Å². The first-order chi connectivity index (χ1) is 10.4. The number of Topliss-reactive ketones (excluding diaryl/α,β-unsaturated/α-hetero) is 1. The van der Waals surface area contributed by atoms with Gasteiger partial charge in [-0.2, -0.15) is 0 Å².